The Kier molecular flexibility index (Phi) is 7.81. The van der Waals surface area contributed by atoms with E-state index < -0.39 is 29.7 Å². The molecule has 1 saturated heterocycles. The van der Waals surface area contributed by atoms with Crippen LogP contribution >= 0.6 is 0 Å². The number of hydrogen-bond acceptors (Lipinski definition) is 5. The fourth-order valence-corrected chi connectivity index (χ4v) is 3.50. The lowest BCUT2D eigenvalue weighted by molar-refractivity contribution is -0.158. The van der Waals surface area contributed by atoms with E-state index in [1.54, 1.807) is 29.2 Å². The minimum Gasteiger partial charge on any atom is -0.492 e. The first kappa shape index (κ1) is 23.2. The van der Waals surface area contributed by atoms with Crippen LogP contribution in [0.1, 0.15) is 37.0 Å². The van der Waals surface area contributed by atoms with Crippen molar-refractivity contribution in [3.8, 4) is 5.75 Å². The van der Waals surface area contributed by atoms with Crippen molar-refractivity contribution in [3.63, 3.8) is 0 Å². The number of benzene rings is 2. The van der Waals surface area contributed by atoms with E-state index in [9.17, 15) is 18.8 Å². The Labute approximate surface area is 186 Å². The van der Waals surface area contributed by atoms with Gasteiger partial charge in [0, 0.05) is 18.7 Å². The number of halogens is 1. The number of nitrogens with one attached hydrogen (secondary N) is 1. The van der Waals surface area contributed by atoms with Gasteiger partial charge in [0.1, 0.15) is 11.6 Å². The lowest BCUT2D eigenvalue weighted by atomic mass is 9.96. The van der Waals surface area contributed by atoms with Crippen LogP contribution in [0.3, 0.4) is 0 Å². The zero-order chi connectivity index (χ0) is 23.1. The largest absolute Gasteiger partial charge is 0.492 e. The summed E-state index contributed by atoms with van der Waals surface area (Å²) in [5.74, 6) is -1.35. The number of hydrogen-bond donors (Lipinski definition) is 1. The lowest BCUT2D eigenvalue weighted by Crippen LogP contribution is -2.41. The number of rotatable bonds is 7. The van der Waals surface area contributed by atoms with Gasteiger partial charge in [0.25, 0.3) is 11.8 Å². The normalized spacial score (nSPS) is 15.0. The van der Waals surface area contributed by atoms with Gasteiger partial charge in [0.2, 0.25) is 0 Å². The molecule has 1 aliphatic heterocycles. The van der Waals surface area contributed by atoms with Crippen LogP contribution in [0.25, 0.3) is 0 Å². The van der Waals surface area contributed by atoms with Gasteiger partial charge in [0.05, 0.1) is 18.2 Å². The smallest absolute Gasteiger partial charge is 0.309 e. The van der Waals surface area contributed by atoms with Crippen LogP contribution < -0.4 is 10.1 Å². The van der Waals surface area contributed by atoms with E-state index in [1.807, 2.05) is 6.92 Å². The molecule has 1 fully saturated rings. The molecule has 32 heavy (non-hydrogen) atoms. The maximum atomic E-state index is 13.1. The van der Waals surface area contributed by atoms with Crippen LogP contribution in [-0.4, -0.2) is 48.5 Å². The van der Waals surface area contributed by atoms with Crippen LogP contribution in [0.5, 0.6) is 5.75 Å². The van der Waals surface area contributed by atoms with Crippen molar-refractivity contribution in [1.82, 2.24) is 4.90 Å². The van der Waals surface area contributed by atoms with E-state index in [0.717, 1.165) is 0 Å². The summed E-state index contributed by atoms with van der Waals surface area (Å²) in [7, 11) is 0. The second kappa shape index (κ2) is 10.7. The fraction of sp³-hybridized carbons (Fsp3) is 0.375. The molecular weight excluding hydrogens is 415 g/mol. The van der Waals surface area contributed by atoms with Crippen LogP contribution in [0.4, 0.5) is 10.1 Å². The van der Waals surface area contributed by atoms with Gasteiger partial charge < -0.3 is 19.7 Å². The van der Waals surface area contributed by atoms with Gasteiger partial charge in [-0.25, -0.2) is 4.39 Å². The molecule has 1 unspecified atom stereocenters. The Morgan fingerprint density at radius 2 is 1.75 bits per heavy atom. The highest BCUT2D eigenvalue weighted by Crippen LogP contribution is 2.25. The van der Waals surface area contributed by atoms with Crippen LogP contribution in [-0.2, 0) is 14.3 Å². The molecule has 8 heteroatoms. The summed E-state index contributed by atoms with van der Waals surface area (Å²) >= 11 is 0. The summed E-state index contributed by atoms with van der Waals surface area (Å²) in [5, 5.41) is 2.73. The second-order valence-electron chi connectivity index (χ2n) is 7.57. The first-order valence-corrected chi connectivity index (χ1v) is 10.7. The molecular formula is C24H27FN2O5. The summed E-state index contributed by atoms with van der Waals surface area (Å²) in [6.45, 7) is 4.60. The van der Waals surface area contributed by atoms with E-state index in [1.165, 1.54) is 31.2 Å². The Bertz CT molecular complexity index is 955. The van der Waals surface area contributed by atoms with Gasteiger partial charge in [-0.15, -0.1) is 0 Å². The molecule has 1 atom stereocenters. The summed E-state index contributed by atoms with van der Waals surface area (Å²) in [6.07, 6.45) is -0.100. The number of para-hydroxylation sites is 2. The zero-order valence-corrected chi connectivity index (χ0v) is 18.2. The van der Waals surface area contributed by atoms with Crippen molar-refractivity contribution in [3.05, 3.63) is 59.9 Å². The predicted molar refractivity (Wildman–Crippen MR) is 117 cm³/mol. The molecule has 3 rings (SSSR count). The molecule has 7 nitrogen and oxygen atoms in total. The number of ether oxygens (including phenoxy) is 2. The van der Waals surface area contributed by atoms with Gasteiger partial charge in [-0.05, 0) is 63.1 Å². The summed E-state index contributed by atoms with van der Waals surface area (Å²) in [6, 6.07) is 12.4. The first-order valence-electron chi connectivity index (χ1n) is 10.7. The number of esters is 1. The lowest BCUT2D eigenvalue weighted by Gasteiger charge is -2.31. The molecule has 2 amide bonds. The standard InChI is InChI=1S/C24H27FN2O5/c1-3-31-21-7-5-4-6-20(21)26-22(28)16(2)32-24(30)18-12-14-27(15-13-18)23(29)17-8-10-19(25)11-9-17/h4-11,16,18H,3,12-15H2,1-2H3,(H,26,28). The maximum absolute atomic E-state index is 13.1. The first-order chi connectivity index (χ1) is 15.4. The van der Waals surface area contributed by atoms with Gasteiger partial charge in [0.15, 0.2) is 6.10 Å². The minimum atomic E-state index is -0.976. The number of nitrogens with zero attached hydrogens (tertiary/aromatic N) is 1. The number of piperidine rings is 1. The number of anilines is 1. The molecule has 0 bridgehead atoms. The molecule has 0 radical (unpaired) electrons. The molecule has 0 aliphatic carbocycles. The van der Waals surface area contributed by atoms with Gasteiger partial charge in [-0.1, -0.05) is 12.1 Å². The van der Waals surface area contributed by atoms with Gasteiger partial charge in [-0.2, -0.15) is 0 Å². The number of amides is 2. The van der Waals surface area contributed by atoms with Crippen molar-refractivity contribution in [2.45, 2.75) is 32.8 Å². The van der Waals surface area contributed by atoms with Crippen molar-refractivity contribution >= 4 is 23.5 Å². The van der Waals surface area contributed by atoms with Crippen molar-refractivity contribution in [2.75, 3.05) is 25.0 Å². The van der Waals surface area contributed by atoms with E-state index in [4.69, 9.17) is 9.47 Å². The molecule has 1 aliphatic rings. The highest BCUT2D eigenvalue weighted by atomic mass is 19.1. The fourth-order valence-electron chi connectivity index (χ4n) is 3.50. The number of carbonyl (C=O) groups is 3. The highest BCUT2D eigenvalue weighted by Gasteiger charge is 2.31. The Balaban J connectivity index is 1.49. The third-order valence-corrected chi connectivity index (χ3v) is 5.31. The summed E-state index contributed by atoms with van der Waals surface area (Å²) in [4.78, 5) is 39.2. The Hall–Kier alpha value is -3.42. The van der Waals surface area contributed by atoms with E-state index in [2.05, 4.69) is 5.32 Å². The SMILES string of the molecule is CCOc1ccccc1NC(=O)C(C)OC(=O)C1CCN(C(=O)c2ccc(F)cc2)CC1. The third-order valence-electron chi connectivity index (χ3n) is 5.31. The van der Waals surface area contributed by atoms with Crippen LogP contribution in [0.2, 0.25) is 0 Å². The highest BCUT2D eigenvalue weighted by molar-refractivity contribution is 5.96. The van der Waals surface area contributed by atoms with Gasteiger partial charge >= 0.3 is 5.97 Å². The average Bonchev–Trinajstić information content (AvgIpc) is 2.80. The number of likely N-dealkylation sites (tertiary alicyclic amines) is 1. The van der Waals surface area contributed by atoms with E-state index in [0.29, 0.717) is 49.5 Å². The molecule has 1 heterocycles. The van der Waals surface area contributed by atoms with Crippen LogP contribution in [0, 0.1) is 11.7 Å². The predicted octanol–water partition coefficient (Wildman–Crippen LogP) is 3.65. The molecule has 0 aromatic heterocycles. The molecule has 2 aromatic carbocycles. The average molecular weight is 442 g/mol. The maximum Gasteiger partial charge on any atom is 0.309 e. The molecule has 1 N–H and O–H groups in total. The molecule has 0 saturated carbocycles. The van der Waals surface area contributed by atoms with E-state index >= 15 is 0 Å². The monoisotopic (exact) mass is 442 g/mol. The summed E-state index contributed by atoms with van der Waals surface area (Å²) in [5.41, 5.74) is 0.917. The minimum absolute atomic E-state index is 0.197. The molecule has 0 spiro atoms. The quantitative estimate of drug-likeness (QED) is 0.662. The zero-order valence-electron chi connectivity index (χ0n) is 18.2. The van der Waals surface area contributed by atoms with Crippen molar-refractivity contribution in [1.29, 1.82) is 0 Å². The number of carbonyl (C=O) groups excluding carboxylic acids is 3. The molecule has 2 aromatic rings. The van der Waals surface area contributed by atoms with Crippen molar-refractivity contribution < 1.29 is 28.2 Å². The van der Waals surface area contributed by atoms with Crippen molar-refractivity contribution in [2.24, 2.45) is 5.92 Å². The van der Waals surface area contributed by atoms with Crippen LogP contribution in [0.15, 0.2) is 48.5 Å². The van der Waals surface area contributed by atoms with Gasteiger partial charge in [-0.3, -0.25) is 14.4 Å². The Morgan fingerprint density at radius 3 is 2.41 bits per heavy atom. The second-order valence-corrected chi connectivity index (χ2v) is 7.57. The Morgan fingerprint density at radius 1 is 1.09 bits per heavy atom. The third kappa shape index (κ3) is 5.84. The molecule has 170 valence electrons. The van der Waals surface area contributed by atoms with E-state index in [-0.39, 0.29) is 5.91 Å². The topological polar surface area (TPSA) is 84.9 Å². The summed E-state index contributed by atoms with van der Waals surface area (Å²) < 4.78 is 23.9.